The molecule has 0 spiro atoms. The first kappa shape index (κ1) is 16.1. The fourth-order valence-corrected chi connectivity index (χ4v) is 2.58. The molecular formula is C13H19O5P. The quantitative estimate of drug-likeness (QED) is 0.540. The van der Waals surface area contributed by atoms with Crippen molar-refractivity contribution in [2.45, 2.75) is 27.4 Å². The molecule has 5 nitrogen and oxygen atoms in total. The maximum atomic E-state index is 12.0. The van der Waals surface area contributed by atoms with Gasteiger partial charge in [0.15, 0.2) is 5.78 Å². The van der Waals surface area contributed by atoms with Crippen LogP contribution >= 0.6 is 7.82 Å². The Morgan fingerprint density at radius 3 is 2.00 bits per heavy atom. The van der Waals surface area contributed by atoms with Crippen molar-refractivity contribution in [3.8, 4) is 0 Å². The van der Waals surface area contributed by atoms with E-state index in [0.717, 1.165) is 5.56 Å². The lowest BCUT2D eigenvalue weighted by atomic mass is 10.1. The molecule has 0 aliphatic carbocycles. The summed E-state index contributed by atoms with van der Waals surface area (Å²) in [5.41, 5.74) is 1.42. The minimum absolute atomic E-state index is 0.00164. The number of benzene rings is 1. The van der Waals surface area contributed by atoms with Gasteiger partial charge in [-0.1, -0.05) is 24.3 Å². The topological polar surface area (TPSA) is 61.8 Å². The van der Waals surface area contributed by atoms with Crippen LogP contribution in [0.25, 0.3) is 0 Å². The Labute approximate surface area is 113 Å². The number of phosphoric acid groups is 1. The number of ketones is 1. The van der Waals surface area contributed by atoms with Gasteiger partial charge in [-0.3, -0.25) is 18.4 Å². The largest absolute Gasteiger partial charge is 0.475 e. The van der Waals surface area contributed by atoms with Crippen molar-refractivity contribution in [2.75, 3.05) is 13.2 Å². The third kappa shape index (κ3) is 5.25. The van der Waals surface area contributed by atoms with Crippen LogP contribution in [0.15, 0.2) is 24.3 Å². The minimum Gasteiger partial charge on any atom is -0.295 e. The number of hydrogen-bond donors (Lipinski definition) is 0. The number of hydrogen-bond acceptors (Lipinski definition) is 5. The van der Waals surface area contributed by atoms with Crippen LogP contribution in [0.2, 0.25) is 0 Å². The highest BCUT2D eigenvalue weighted by atomic mass is 31.2. The van der Waals surface area contributed by atoms with E-state index in [0.29, 0.717) is 5.56 Å². The zero-order chi connectivity index (χ0) is 14.3. The highest BCUT2D eigenvalue weighted by Crippen LogP contribution is 2.49. The van der Waals surface area contributed by atoms with Crippen molar-refractivity contribution in [3.05, 3.63) is 35.4 Å². The van der Waals surface area contributed by atoms with Crippen LogP contribution in [-0.4, -0.2) is 19.0 Å². The van der Waals surface area contributed by atoms with Gasteiger partial charge in [0, 0.05) is 5.56 Å². The maximum absolute atomic E-state index is 12.0. The average Bonchev–Trinajstić information content (AvgIpc) is 2.37. The lowest BCUT2D eigenvalue weighted by molar-refractivity contribution is 0.101. The minimum atomic E-state index is -3.48. The van der Waals surface area contributed by atoms with Gasteiger partial charge in [-0.15, -0.1) is 0 Å². The van der Waals surface area contributed by atoms with E-state index in [4.69, 9.17) is 13.6 Å². The van der Waals surface area contributed by atoms with E-state index in [9.17, 15) is 9.36 Å². The monoisotopic (exact) mass is 286 g/mol. The van der Waals surface area contributed by atoms with Gasteiger partial charge < -0.3 is 0 Å². The first-order valence-corrected chi connectivity index (χ1v) is 7.60. The Morgan fingerprint density at radius 2 is 1.58 bits per heavy atom. The Bertz CT molecular complexity index is 445. The summed E-state index contributed by atoms with van der Waals surface area (Å²) in [6.07, 6.45) is 0. The van der Waals surface area contributed by atoms with E-state index in [1.807, 2.05) is 0 Å². The first-order chi connectivity index (χ1) is 9.00. The standard InChI is InChI=1S/C13H19O5P/c1-4-16-19(15,17-5-2)18-10-12-6-8-13(9-7-12)11(3)14/h6-9H,4-5,10H2,1-3H3. The molecule has 0 heterocycles. The van der Waals surface area contributed by atoms with Gasteiger partial charge in [-0.25, -0.2) is 4.57 Å². The molecule has 1 aromatic carbocycles. The predicted molar refractivity (Wildman–Crippen MR) is 72.1 cm³/mol. The van der Waals surface area contributed by atoms with Crippen LogP contribution in [0.5, 0.6) is 0 Å². The Kier molecular flexibility index (Phi) is 6.38. The maximum Gasteiger partial charge on any atom is 0.475 e. The first-order valence-electron chi connectivity index (χ1n) is 6.14. The fourth-order valence-electron chi connectivity index (χ4n) is 1.42. The van der Waals surface area contributed by atoms with E-state index in [2.05, 4.69) is 0 Å². The van der Waals surface area contributed by atoms with Crippen molar-refractivity contribution in [2.24, 2.45) is 0 Å². The van der Waals surface area contributed by atoms with Gasteiger partial charge in [-0.05, 0) is 26.3 Å². The molecule has 6 heteroatoms. The van der Waals surface area contributed by atoms with Crippen molar-refractivity contribution in [1.29, 1.82) is 0 Å². The van der Waals surface area contributed by atoms with Crippen molar-refractivity contribution < 1.29 is 22.9 Å². The molecule has 0 aliphatic rings. The lowest BCUT2D eigenvalue weighted by Gasteiger charge is -2.16. The van der Waals surface area contributed by atoms with Crippen LogP contribution in [0.3, 0.4) is 0 Å². The number of carbonyl (C=O) groups is 1. The zero-order valence-electron chi connectivity index (χ0n) is 11.4. The number of phosphoric ester groups is 1. The van der Waals surface area contributed by atoms with Gasteiger partial charge in [-0.2, -0.15) is 0 Å². The molecule has 1 rings (SSSR count). The van der Waals surface area contributed by atoms with E-state index in [1.165, 1.54) is 6.92 Å². The summed E-state index contributed by atoms with van der Waals surface area (Å²) < 4.78 is 27.3. The smallest absolute Gasteiger partial charge is 0.295 e. The van der Waals surface area contributed by atoms with Crippen LogP contribution in [0, 0.1) is 0 Å². The van der Waals surface area contributed by atoms with Crippen molar-refractivity contribution >= 4 is 13.6 Å². The van der Waals surface area contributed by atoms with Crippen LogP contribution in [0.4, 0.5) is 0 Å². The summed E-state index contributed by atoms with van der Waals surface area (Å²) in [6, 6.07) is 6.90. The summed E-state index contributed by atoms with van der Waals surface area (Å²) in [4.78, 5) is 11.1. The van der Waals surface area contributed by atoms with Crippen LogP contribution < -0.4 is 0 Å². The molecule has 0 fully saturated rings. The molecule has 0 N–H and O–H groups in total. The molecule has 0 aliphatic heterocycles. The highest BCUT2D eigenvalue weighted by Gasteiger charge is 2.25. The predicted octanol–water partition coefficient (Wildman–Crippen LogP) is 3.59. The van der Waals surface area contributed by atoms with E-state index in [1.54, 1.807) is 38.1 Å². The van der Waals surface area contributed by atoms with E-state index in [-0.39, 0.29) is 25.6 Å². The molecule has 0 saturated heterocycles. The lowest BCUT2D eigenvalue weighted by Crippen LogP contribution is -2.01. The number of carbonyl (C=O) groups excluding carboxylic acids is 1. The normalized spacial score (nSPS) is 11.5. The molecule has 19 heavy (non-hydrogen) atoms. The average molecular weight is 286 g/mol. The van der Waals surface area contributed by atoms with Gasteiger partial charge in [0.1, 0.15) is 0 Å². The molecule has 0 unspecified atom stereocenters. The summed E-state index contributed by atoms with van der Waals surface area (Å²) in [5.74, 6) is 0.00164. The van der Waals surface area contributed by atoms with E-state index < -0.39 is 7.82 Å². The summed E-state index contributed by atoms with van der Waals surface area (Å²) in [7, 11) is -3.48. The van der Waals surface area contributed by atoms with Crippen molar-refractivity contribution in [3.63, 3.8) is 0 Å². The number of Topliss-reactive ketones (excluding diaryl/α,β-unsaturated/α-hetero) is 1. The molecule has 106 valence electrons. The van der Waals surface area contributed by atoms with Crippen LogP contribution in [-0.2, 0) is 24.7 Å². The third-order valence-corrected chi connectivity index (χ3v) is 3.92. The fraction of sp³-hybridized carbons (Fsp3) is 0.462. The van der Waals surface area contributed by atoms with Gasteiger partial charge >= 0.3 is 7.82 Å². The summed E-state index contributed by atoms with van der Waals surface area (Å²) in [5, 5.41) is 0. The van der Waals surface area contributed by atoms with Crippen LogP contribution in [0.1, 0.15) is 36.7 Å². The molecule has 0 aromatic heterocycles. The second-order valence-electron chi connectivity index (χ2n) is 3.81. The Hall–Kier alpha value is -1.00. The highest BCUT2D eigenvalue weighted by molar-refractivity contribution is 7.48. The molecule has 0 radical (unpaired) electrons. The molecular weight excluding hydrogens is 267 g/mol. The molecule has 0 amide bonds. The van der Waals surface area contributed by atoms with Crippen molar-refractivity contribution in [1.82, 2.24) is 0 Å². The summed E-state index contributed by atoms with van der Waals surface area (Å²) in [6.45, 7) is 5.55. The Balaban J connectivity index is 2.64. The Morgan fingerprint density at radius 1 is 1.05 bits per heavy atom. The van der Waals surface area contributed by atoms with E-state index >= 15 is 0 Å². The SMILES string of the molecule is CCOP(=O)(OCC)OCc1ccc(C(C)=O)cc1. The third-order valence-electron chi connectivity index (χ3n) is 2.32. The molecule has 0 saturated carbocycles. The molecule has 1 aromatic rings. The molecule has 0 bridgehead atoms. The van der Waals surface area contributed by atoms with Gasteiger partial charge in [0.25, 0.3) is 0 Å². The second-order valence-corrected chi connectivity index (χ2v) is 5.48. The van der Waals surface area contributed by atoms with Gasteiger partial charge in [0.05, 0.1) is 19.8 Å². The molecule has 0 atom stereocenters. The number of rotatable bonds is 8. The second kappa shape index (κ2) is 7.56. The zero-order valence-corrected chi connectivity index (χ0v) is 12.3. The van der Waals surface area contributed by atoms with Gasteiger partial charge in [0.2, 0.25) is 0 Å². The summed E-state index contributed by atoms with van der Waals surface area (Å²) >= 11 is 0.